The summed E-state index contributed by atoms with van der Waals surface area (Å²) in [5.74, 6) is -0.923. The van der Waals surface area contributed by atoms with Crippen LogP contribution >= 0.6 is 27.5 Å². The van der Waals surface area contributed by atoms with Gasteiger partial charge in [0.1, 0.15) is 17.3 Å². The molecule has 2 aromatic carbocycles. The number of aliphatic hydroxyl groups excluding tert-OH is 1. The Hall–Kier alpha value is -3.10. The van der Waals surface area contributed by atoms with Crippen molar-refractivity contribution in [3.05, 3.63) is 80.5 Å². The molecular weight excluding hydrogens is 488 g/mol. The van der Waals surface area contributed by atoms with Crippen molar-refractivity contribution in [2.24, 2.45) is 0 Å². The van der Waals surface area contributed by atoms with E-state index in [-0.39, 0.29) is 27.7 Å². The van der Waals surface area contributed by atoms with Gasteiger partial charge in [-0.1, -0.05) is 44.8 Å². The molecule has 1 N–H and O–H groups in total. The number of hydrogen-bond donors (Lipinski definition) is 1. The molecule has 1 aliphatic rings. The van der Waals surface area contributed by atoms with Crippen molar-refractivity contribution in [2.45, 2.75) is 13.0 Å². The highest BCUT2D eigenvalue weighted by Gasteiger charge is 2.48. The maximum absolute atomic E-state index is 13.0. The molecule has 7 nitrogen and oxygen atoms in total. The lowest BCUT2D eigenvalue weighted by Crippen LogP contribution is -2.29. The molecular formula is C22H16BrClN2O5. The zero-order valence-corrected chi connectivity index (χ0v) is 18.8. The van der Waals surface area contributed by atoms with Gasteiger partial charge in [-0.15, -0.1) is 0 Å². The van der Waals surface area contributed by atoms with Crippen LogP contribution < -0.4 is 9.64 Å². The summed E-state index contributed by atoms with van der Waals surface area (Å²) in [5, 5.41) is 15.2. The zero-order chi connectivity index (χ0) is 22.3. The summed E-state index contributed by atoms with van der Waals surface area (Å²) in [5.41, 5.74) is 0.820. The van der Waals surface area contributed by atoms with Gasteiger partial charge in [-0.3, -0.25) is 14.5 Å². The molecule has 0 spiro atoms. The average Bonchev–Trinajstić information content (AvgIpc) is 3.29. The van der Waals surface area contributed by atoms with Crippen LogP contribution in [0.2, 0.25) is 5.02 Å². The van der Waals surface area contributed by atoms with Gasteiger partial charge in [0.05, 0.1) is 23.7 Å². The smallest absolute Gasteiger partial charge is 0.301 e. The minimum atomic E-state index is -0.904. The minimum Gasteiger partial charge on any atom is -0.507 e. The van der Waals surface area contributed by atoms with Crippen LogP contribution in [0.15, 0.2) is 63.1 Å². The van der Waals surface area contributed by atoms with Gasteiger partial charge in [-0.2, -0.15) is 0 Å². The molecule has 158 valence electrons. The summed E-state index contributed by atoms with van der Waals surface area (Å²) in [6.45, 7) is 1.68. The second-order valence-electron chi connectivity index (χ2n) is 6.87. The van der Waals surface area contributed by atoms with E-state index in [0.29, 0.717) is 17.1 Å². The first-order valence-electron chi connectivity index (χ1n) is 9.15. The van der Waals surface area contributed by atoms with E-state index in [4.69, 9.17) is 20.9 Å². The van der Waals surface area contributed by atoms with Crippen molar-refractivity contribution < 1.29 is 24.0 Å². The Morgan fingerprint density at radius 2 is 1.90 bits per heavy atom. The van der Waals surface area contributed by atoms with Gasteiger partial charge in [-0.25, -0.2) is 0 Å². The fourth-order valence-corrected chi connectivity index (χ4v) is 3.99. The molecule has 0 aliphatic carbocycles. The molecule has 31 heavy (non-hydrogen) atoms. The second kappa shape index (κ2) is 8.20. The van der Waals surface area contributed by atoms with Gasteiger partial charge < -0.3 is 14.4 Å². The number of rotatable bonds is 4. The SMILES string of the molecule is COc1ccc(C(O)=C2C(=O)C(=O)N(c3cc(C)on3)[C@@H]2c2ccc(Br)cc2)cc1Cl. The molecule has 2 heterocycles. The molecule has 1 saturated heterocycles. The lowest BCUT2D eigenvalue weighted by Gasteiger charge is -2.23. The van der Waals surface area contributed by atoms with Crippen LogP contribution in [-0.4, -0.2) is 29.1 Å². The third-order valence-corrected chi connectivity index (χ3v) is 5.74. The van der Waals surface area contributed by atoms with Crippen LogP contribution in [0.3, 0.4) is 0 Å². The molecule has 1 atom stereocenters. The first-order chi connectivity index (χ1) is 14.8. The van der Waals surface area contributed by atoms with E-state index < -0.39 is 17.7 Å². The molecule has 0 bridgehead atoms. The van der Waals surface area contributed by atoms with Gasteiger partial charge in [0, 0.05) is 16.1 Å². The van der Waals surface area contributed by atoms with Crippen molar-refractivity contribution in [1.29, 1.82) is 0 Å². The Morgan fingerprint density at radius 3 is 2.48 bits per heavy atom. The number of ketones is 1. The number of aliphatic hydroxyl groups is 1. The van der Waals surface area contributed by atoms with Gasteiger partial charge in [0.15, 0.2) is 5.82 Å². The summed E-state index contributed by atoms with van der Waals surface area (Å²) >= 11 is 9.58. The number of Topliss-reactive ketones (excluding diaryl/α,β-unsaturated/α-hetero) is 1. The van der Waals surface area contributed by atoms with Crippen molar-refractivity contribution in [2.75, 3.05) is 12.0 Å². The maximum atomic E-state index is 13.0. The average molecular weight is 504 g/mol. The number of ether oxygens (including phenoxy) is 1. The summed E-state index contributed by atoms with van der Waals surface area (Å²) in [6.07, 6.45) is 0. The maximum Gasteiger partial charge on any atom is 0.301 e. The number of aromatic nitrogens is 1. The van der Waals surface area contributed by atoms with Crippen LogP contribution in [0.25, 0.3) is 5.76 Å². The van der Waals surface area contributed by atoms with E-state index >= 15 is 0 Å². The van der Waals surface area contributed by atoms with E-state index in [0.717, 1.165) is 4.47 Å². The first-order valence-corrected chi connectivity index (χ1v) is 10.3. The molecule has 1 fully saturated rings. The molecule has 3 aromatic rings. The van der Waals surface area contributed by atoms with Crippen LogP contribution in [0.5, 0.6) is 5.75 Å². The zero-order valence-electron chi connectivity index (χ0n) is 16.4. The van der Waals surface area contributed by atoms with Crippen LogP contribution in [0.4, 0.5) is 5.82 Å². The molecule has 0 radical (unpaired) electrons. The highest BCUT2D eigenvalue weighted by atomic mass is 79.9. The quantitative estimate of drug-likeness (QED) is 0.305. The van der Waals surface area contributed by atoms with Crippen molar-refractivity contribution in [3.63, 3.8) is 0 Å². The Morgan fingerprint density at radius 1 is 1.19 bits per heavy atom. The molecule has 0 saturated carbocycles. The van der Waals surface area contributed by atoms with Crippen LogP contribution in [0.1, 0.15) is 22.9 Å². The number of benzene rings is 2. The molecule has 1 aliphatic heterocycles. The number of amides is 1. The topological polar surface area (TPSA) is 92.9 Å². The van der Waals surface area contributed by atoms with Gasteiger partial charge in [-0.05, 0) is 42.8 Å². The largest absolute Gasteiger partial charge is 0.507 e. The fraction of sp³-hybridized carbons (Fsp3) is 0.136. The molecule has 1 aromatic heterocycles. The summed E-state index contributed by atoms with van der Waals surface area (Å²) in [4.78, 5) is 27.2. The van der Waals surface area contributed by atoms with Gasteiger partial charge >= 0.3 is 5.91 Å². The van der Waals surface area contributed by atoms with Crippen LogP contribution in [0, 0.1) is 6.92 Å². The first kappa shape index (κ1) is 21.1. The van der Waals surface area contributed by atoms with Crippen molar-refractivity contribution >= 4 is 50.8 Å². The number of nitrogens with zero attached hydrogens (tertiary/aromatic N) is 2. The minimum absolute atomic E-state index is 0.0748. The highest BCUT2D eigenvalue weighted by Crippen LogP contribution is 2.42. The highest BCUT2D eigenvalue weighted by molar-refractivity contribution is 9.10. The fourth-order valence-electron chi connectivity index (χ4n) is 3.47. The van der Waals surface area contributed by atoms with E-state index in [1.54, 1.807) is 49.4 Å². The number of carbonyl (C=O) groups excluding carboxylic acids is 2. The number of anilines is 1. The number of hydrogen-bond acceptors (Lipinski definition) is 6. The van der Waals surface area contributed by atoms with E-state index in [2.05, 4.69) is 21.1 Å². The third-order valence-electron chi connectivity index (χ3n) is 4.92. The van der Waals surface area contributed by atoms with Crippen molar-refractivity contribution in [1.82, 2.24) is 5.16 Å². The second-order valence-corrected chi connectivity index (χ2v) is 8.19. The van der Waals surface area contributed by atoms with E-state index in [1.165, 1.54) is 18.1 Å². The molecule has 4 rings (SSSR count). The Bertz CT molecular complexity index is 1220. The predicted octanol–water partition coefficient (Wildman–Crippen LogP) is 5.03. The lowest BCUT2D eigenvalue weighted by molar-refractivity contribution is -0.132. The number of methoxy groups -OCH3 is 1. The summed E-state index contributed by atoms with van der Waals surface area (Å²) < 4.78 is 11.1. The third kappa shape index (κ3) is 3.73. The molecule has 0 unspecified atom stereocenters. The lowest BCUT2D eigenvalue weighted by atomic mass is 9.95. The normalized spacial score (nSPS) is 17.9. The van der Waals surface area contributed by atoms with Gasteiger partial charge in [0.25, 0.3) is 5.78 Å². The standard InChI is InChI=1S/C22H16BrClN2O5/c1-11-9-17(25-31-11)26-19(12-3-6-14(23)7-4-12)18(21(28)22(26)29)20(27)13-5-8-16(30-2)15(24)10-13/h3-10,19,27H,1-2H3/t19-/m1/s1. The van der Waals surface area contributed by atoms with E-state index in [9.17, 15) is 14.7 Å². The predicted molar refractivity (Wildman–Crippen MR) is 118 cm³/mol. The Labute approximate surface area is 191 Å². The van der Waals surface area contributed by atoms with Crippen molar-refractivity contribution in [3.8, 4) is 5.75 Å². The summed E-state index contributed by atoms with van der Waals surface area (Å²) in [6, 6.07) is 12.3. The number of halogens is 2. The van der Waals surface area contributed by atoms with E-state index in [1.807, 2.05) is 0 Å². The van der Waals surface area contributed by atoms with Gasteiger partial charge in [0.2, 0.25) is 0 Å². The number of aryl methyl sites for hydroxylation is 1. The Kier molecular flexibility index (Phi) is 5.60. The monoisotopic (exact) mass is 502 g/mol. The summed E-state index contributed by atoms with van der Waals surface area (Å²) in [7, 11) is 1.47. The Balaban J connectivity index is 1.93. The van der Waals surface area contributed by atoms with Crippen LogP contribution in [-0.2, 0) is 9.59 Å². The number of carbonyl (C=O) groups is 2. The molecule has 1 amide bonds. The molecule has 9 heteroatoms.